The maximum Gasteiger partial charge on any atom is 0.417 e. The molecule has 0 spiro atoms. The molecule has 0 heterocycles. The number of hydrogen-bond acceptors (Lipinski definition) is 2. The van der Waals surface area contributed by atoms with Crippen molar-refractivity contribution in [3.8, 4) is 6.07 Å². The Hall–Kier alpha value is -1.22. The number of nitrogens with zero attached hydrogens (tertiary/aromatic N) is 1. The van der Waals surface area contributed by atoms with Crippen LogP contribution in [-0.4, -0.2) is 6.04 Å². The van der Waals surface area contributed by atoms with Crippen molar-refractivity contribution in [1.29, 1.82) is 5.26 Å². The van der Waals surface area contributed by atoms with Crippen molar-refractivity contribution in [2.24, 2.45) is 0 Å². The fraction of sp³-hybridized carbons (Fsp3) is 0.364. The molecular weight excluding hydrogens is 297 g/mol. The topological polar surface area (TPSA) is 35.8 Å². The molecule has 2 nitrogen and oxygen atoms in total. The van der Waals surface area contributed by atoms with Gasteiger partial charge in [-0.3, -0.25) is 0 Å². The Labute approximate surface area is 106 Å². The van der Waals surface area contributed by atoms with Crippen LogP contribution in [0.15, 0.2) is 22.7 Å². The van der Waals surface area contributed by atoms with E-state index in [1.807, 2.05) is 6.07 Å². The summed E-state index contributed by atoms with van der Waals surface area (Å²) in [5.41, 5.74) is -0.468. The SMILES string of the molecule is CCC(C#N)Nc1ccc(Br)c(C(F)(F)F)c1. The molecule has 1 unspecified atom stereocenters. The van der Waals surface area contributed by atoms with E-state index in [4.69, 9.17) is 5.26 Å². The summed E-state index contributed by atoms with van der Waals surface area (Å²) in [6, 6.07) is 5.28. The fourth-order valence-electron chi connectivity index (χ4n) is 1.26. The average Bonchev–Trinajstić information content (AvgIpc) is 2.26. The molecule has 1 aromatic rings. The highest BCUT2D eigenvalue weighted by molar-refractivity contribution is 9.10. The second-order valence-corrected chi connectivity index (χ2v) is 4.28. The van der Waals surface area contributed by atoms with Crippen LogP contribution < -0.4 is 5.32 Å². The molecule has 1 atom stereocenters. The van der Waals surface area contributed by atoms with Crippen molar-refractivity contribution in [2.75, 3.05) is 5.32 Å². The van der Waals surface area contributed by atoms with Gasteiger partial charge in [0.05, 0.1) is 11.6 Å². The first-order chi connectivity index (χ1) is 7.88. The van der Waals surface area contributed by atoms with E-state index in [9.17, 15) is 13.2 Å². The zero-order chi connectivity index (χ0) is 13.1. The van der Waals surface area contributed by atoms with Crippen LogP contribution in [0.5, 0.6) is 0 Å². The van der Waals surface area contributed by atoms with Crippen molar-refractivity contribution in [3.05, 3.63) is 28.2 Å². The number of benzene rings is 1. The molecule has 0 fully saturated rings. The van der Waals surface area contributed by atoms with E-state index in [0.717, 1.165) is 6.07 Å². The minimum atomic E-state index is -4.41. The summed E-state index contributed by atoms with van der Waals surface area (Å²) >= 11 is 2.85. The molecule has 1 N–H and O–H groups in total. The molecule has 0 aliphatic rings. The number of alkyl halides is 3. The Morgan fingerprint density at radius 1 is 1.47 bits per heavy atom. The lowest BCUT2D eigenvalue weighted by molar-refractivity contribution is -0.138. The first-order valence-corrected chi connectivity index (χ1v) is 5.70. The fourth-order valence-corrected chi connectivity index (χ4v) is 1.73. The van der Waals surface area contributed by atoms with Crippen molar-refractivity contribution < 1.29 is 13.2 Å². The molecule has 1 aromatic carbocycles. The number of rotatable bonds is 3. The standard InChI is InChI=1S/C11H10BrF3N2/c1-2-7(6-16)17-8-3-4-10(12)9(5-8)11(13,14)15/h3-5,7,17H,2H2,1H3. The maximum absolute atomic E-state index is 12.6. The van der Waals surface area contributed by atoms with Crippen LogP contribution >= 0.6 is 15.9 Å². The summed E-state index contributed by atoms with van der Waals surface area (Å²) in [5, 5.41) is 11.5. The van der Waals surface area contributed by atoms with Gasteiger partial charge in [0.25, 0.3) is 0 Å². The Bertz CT molecular complexity index is 437. The predicted octanol–water partition coefficient (Wildman–Crippen LogP) is 4.18. The van der Waals surface area contributed by atoms with Crippen LogP contribution in [0.25, 0.3) is 0 Å². The van der Waals surface area contributed by atoms with E-state index < -0.39 is 17.8 Å². The molecule has 0 saturated carbocycles. The minimum Gasteiger partial charge on any atom is -0.370 e. The summed E-state index contributed by atoms with van der Waals surface area (Å²) in [4.78, 5) is 0. The summed E-state index contributed by atoms with van der Waals surface area (Å²) < 4.78 is 37.8. The summed E-state index contributed by atoms with van der Waals surface area (Å²) in [6.45, 7) is 1.78. The van der Waals surface area contributed by atoms with Crippen molar-refractivity contribution in [2.45, 2.75) is 25.6 Å². The third-order valence-electron chi connectivity index (χ3n) is 2.18. The van der Waals surface area contributed by atoms with Gasteiger partial charge in [-0.15, -0.1) is 0 Å². The second kappa shape index (κ2) is 5.41. The predicted molar refractivity (Wildman–Crippen MR) is 62.5 cm³/mol. The van der Waals surface area contributed by atoms with Crippen molar-refractivity contribution in [1.82, 2.24) is 0 Å². The van der Waals surface area contributed by atoms with Gasteiger partial charge in [0.15, 0.2) is 0 Å². The highest BCUT2D eigenvalue weighted by Crippen LogP contribution is 2.36. The van der Waals surface area contributed by atoms with Gasteiger partial charge >= 0.3 is 6.18 Å². The van der Waals surface area contributed by atoms with E-state index in [1.165, 1.54) is 12.1 Å². The Kier molecular flexibility index (Phi) is 4.40. The zero-order valence-corrected chi connectivity index (χ0v) is 10.6. The van der Waals surface area contributed by atoms with Crippen LogP contribution in [0, 0.1) is 11.3 Å². The molecular formula is C11H10BrF3N2. The minimum absolute atomic E-state index is 0.0134. The summed E-state index contributed by atoms with van der Waals surface area (Å²) in [7, 11) is 0. The molecule has 0 aliphatic carbocycles. The smallest absolute Gasteiger partial charge is 0.370 e. The normalized spacial score (nSPS) is 12.9. The van der Waals surface area contributed by atoms with E-state index in [0.29, 0.717) is 6.42 Å². The average molecular weight is 307 g/mol. The first kappa shape index (κ1) is 13.8. The van der Waals surface area contributed by atoms with Crippen LogP contribution in [-0.2, 0) is 6.18 Å². The Morgan fingerprint density at radius 2 is 2.12 bits per heavy atom. The van der Waals surface area contributed by atoms with E-state index in [2.05, 4.69) is 21.2 Å². The van der Waals surface area contributed by atoms with Crippen LogP contribution in [0.3, 0.4) is 0 Å². The van der Waals surface area contributed by atoms with Crippen LogP contribution in [0.1, 0.15) is 18.9 Å². The number of anilines is 1. The lowest BCUT2D eigenvalue weighted by Crippen LogP contribution is -2.16. The third-order valence-corrected chi connectivity index (χ3v) is 2.87. The molecule has 0 amide bonds. The van der Waals surface area contributed by atoms with Gasteiger partial charge in [-0.2, -0.15) is 18.4 Å². The van der Waals surface area contributed by atoms with Gasteiger partial charge in [0, 0.05) is 10.2 Å². The highest BCUT2D eigenvalue weighted by atomic mass is 79.9. The number of hydrogen-bond donors (Lipinski definition) is 1. The summed E-state index contributed by atoms with van der Waals surface area (Å²) in [5.74, 6) is 0. The monoisotopic (exact) mass is 306 g/mol. The molecule has 92 valence electrons. The molecule has 6 heteroatoms. The Balaban J connectivity index is 3.02. The third kappa shape index (κ3) is 3.63. The van der Waals surface area contributed by atoms with Gasteiger partial charge < -0.3 is 5.32 Å². The molecule has 0 bridgehead atoms. The molecule has 0 aromatic heterocycles. The molecule has 1 rings (SSSR count). The molecule has 17 heavy (non-hydrogen) atoms. The van der Waals surface area contributed by atoms with Gasteiger partial charge in [0.2, 0.25) is 0 Å². The lowest BCUT2D eigenvalue weighted by atomic mass is 10.1. The van der Waals surface area contributed by atoms with Crippen molar-refractivity contribution >= 4 is 21.6 Å². The number of halogens is 4. The first-order valence-electron chi connectivity index (χ1n) is 4.91. The molecule has 0 saturated heterocycles. The molecule has 0 radical (unpaired) electrons. The van der Waals surface area contributed by atoms with Crippen LogP contribution in [0.4, 0.5) is 18.9 Å². The zero-order valence-electron chi connectivity index (χ0n) is 8.98. The van der Waals surface area contributed by atoms with E-state index in [-0.39, 0.29) is 10.2 Å². The van der Waals surface area contributed by atoms with Gasteiger partial charge in [0.1, 0.15) is 6.04 Å². The number of nitriles is 1. The summed E-state index contributed by atoms with van der Waals surface area (Å²) in [6.07, 6.45) is -3.89. The van der Waals surface area contributed by atoms with Crippen molar-refractivity contribution in [3.63, 3.8) is 0 Å². The largest absolute Gasteiger partial charge is 0.417 e. The van der Waals surface area contributed by atoms with Gasteiger partial charge in [-0.05, 0) is 24.6 Å². The second-order valence-electron chi connectivity index (χ2n) is 3.43. The quantitative estimate of drug-likeness (QED) is 0.909. The number of nitrogens with one attached hydrogen (secondary N) is 1. The lowest BCUT2D eigenvalue weighted by Gasteiger charge is -2.14. The molecule has 0 aliphatic heterocycles. The van der Waals surface area contributed by atoms with Gasteiger partial charge in [-0.1, -0.05) is 22.9 Å². The van der Waals surface area contributed by atoms with E-state index in [1.54, 1.807) is 6.92 Å². The maximum atomic E-state index is 12.6. The highest BCUT2D eigenvalue weighted by Gasteiger charge is 2.33. The van der Waals surface area contributed by atoms with Gasteiger partial charge in [-0.25, -0.2) is 0 Å². The Morgan fingerprint density at radius 3 is 2.59 bits per heavy atom. The van der Waals surface area contributed by atoms with E-state index >= 15 is 0 Å². The van der Waals surface area contributed by atoms with Crippen LogP contribution in [0.2, 0.25) is 0 Å².